The van der Waals surface area contributed by atoms with Crippen LogP contribution >= 0.6 is 22.7 Å². The standard InChI is InChI=1S/C25H22F6N2S2.2C5H6F6O2.2Mn.H2N/c1-13-17(11-19(34-13)15-3-7-32-8-4-15)21-22(24(28,29)25(30,31)23(21,26)27)18-12-20(35-14(18)2)16-5-9-33-10-6-16;2*6-4(7,8)2(12)1-3(13)5(9,10)11;;;/h3-4,7,11-12,16H,5-6,8-10H2,1-2H3;2*2-3,12-13H,1H2;;;1H2/q-2;;;;+2;-1. The molecule has 0 spiro atoms. The van der Waals surface area contributed by atoms with Gasteiger partial charge in [0.25, 0.3) is 0 Å². The van der Waals surface area contributed by atoms with E-state index >= 15 is 17.6 Å². The maximum absolute atomic E-state index is 15.3. The number of rotatable bonds is 8. The van der Waals surface area contributed by atoms with Crippen molar-refractivity contribution in [1.82, 2.24) is 0 Å². The molecule has 2 aromatic heterocycles. The molecule has 4 unspecified atom stereocenters. The molecule has 3 aliphatic rings. The molecule has 0 bridgehead atoms. The van der Waals surface area contributed by atoms with Crippen LogP contribution in [-0.2, 0) is 34.1 Å². The first-order valence-corrected chi connectivity index (χ1v) is 19.0. The summed E-state index contributed by atoms with van der Waals surface area (Å²) in [7, 11) is 0. The van der Waals surface area contributed by atoms with Crippen LogP contribution < -0.4 is 0 Å². The van der Waals surface area contributed by atoms with Gasteiger partial charge in [-0.15, -0.1) is 42.3 Å². The zero-order valence-corrected chi connectivity index (χ0v) is 36.4. The third-order valence-electron chi connectivity index (χ3n) is 9.20. The Kier molecular flexibility index (Phi) is 22.1. The molecule has 4 heterocycles. The fraction of sp³-hybridized carbons (Fsp3) is 0.600. The summed E-state index contributed by atoms with van der Waals surface area (Å²) in [5, 5.41) is 40.9. The molecule has 29 heteroatoms. The van der Waals surface area contributed by atoms with E-state index in [2.05, 4.69) is 10.6 Å². The number of hydrogen-bond donors (Lipinski definition) is 4. The van der Waals surface area contributed by atoms with E-state index in [0.29, 0.717) is 35.0 Å². The van der Waals surface area contributed by atoms with Crippen molar-refractivity contribution in [3.05, 3.63) is 77.9 Å². The minimum atomic E-state index is -5.56. The van der Waals surface area contributed by atoms with E-state index < -0.39 is 90.9 Å². The van der Waals surface area contributed by atoms with Crippen LogP contribution in [0.25, 0.3) is 33.5 Å². The van der Waals surface area contributed by atoms with Crippen molar-refractivity contribution in [3.63, 3.8) is 0 Å². The zero-order valence-electron chi connectivity index (χ0n) is 32.4. The summed E-state index contributed by atoms with van der Waals surface area (Å²) >= 11 is 2.32. The van der Waals surface area contributed by atoms with Gasteiger partial charge in [-0.2, -0.15) is 85.2 Å². The number of piperidine rings is 1. The fourth-order valence-electron chi connectivity index (χ4n) is 5.85. The number of nitrogens with zero attached hydrogens (tertiary/aromatic N) is 2. The molecule has 5 rings (SSSR count). The summed E-state index contributed by atoms with van der Waals surface area (Å²) in [6.45, 7) is 4.67. The van der Waals surface area contributed by atoms with Gasteiger partial charge in [0.2, 0.25) is 0 Å². The van der Waals surface area contributed by atoms with Crippen LogP contribution in [0.2, 0.25) is 0 Å². The molecule has 1 fully saturated rings. The van der Waals surface area contributed by atoms with Crippen molar-refractivity contribution in [1.29, 1.82) is 0 Å². The van der Waals surface area contributed by atoms with Crippen LogP contribution in [0.5, 0.6) is 0 Å². The van der Waals surface area contributed by atoms with Crippen LogP contribution in [0.1, 0.15) is 62.2 Å². The number of aryl methyl sites for hydroxylation is 2. The van der Waals surface area contributed by atoms with Gasteiger partial charge in [-0.05, 0) is 48.6 Å². The molecule has 0 saturated carbocycles. The molecule has 0 amide bonds. The van der Waals surface area contributed by atoms with Gasteiger partial charge in [-0.25, -0.2) is 0 Å². The second-order valence-electron chi connectivity index (χ2n) is 13.7. The van der Waals surface area contributed by atoms with E-state index in [1.165, 1.54) is 37.3 Å². The number of allylic oxidation sites excluding steroid dienone is 4. The first kappa shape index (κ1) is 62.0. The first-order valence-electron chi connectivity index (χ1n) is 17.3. The fourth-order valence-corrected chi connectivity index (χ4v) is 8.10. The second kappa shape index (κ2) is 22.8. The van der Waals surface area contributed by atoms with Gasteiger partial charge in [-0.1, -0.05) is 25.0 Å². The van der Waals surface area contributed by atoms with Crippen LogP contribution in [0, 0.1) is 13.8 Å². The zero-order chi connectivity index (χ0) is 46.9. The number of aliphatic hydroxyl groups is 4. The molecule has 1 aliphatic carbocycles. The summed E-state index contributed by atoms with van der Waals surface area (Å²) in [6.07, 6.45) is -30.4. The van der Waals surface area contributed by atoms with Gasteiger partial charge in [0, 0.05) is 60.6 Å². The number of hydrogen-bond acceptors (Lipinski definition) is 6. The monoisotopic (exact) mass is 1080 g/mol. The molecule has 6 N–H and O–H groups in total. The van der Waals surface area contributed by atoms with Crippen molar-refractivity contribution in [3.8, 4) is 0 Å². The number of aliphatic hydroxyl groups excluding tert-OH is 4. The van der Waals surface area contributed by atoms with Gasteiger partial charge in [0.15, 0.2) is 24.4 Å². The molecule has 4 atom stereocenters. The average Bonchev–Trinajstić information content (AvgIpc) is 3.73. The number of nitrogens with two attached hydrogens (primary N) is 1. The molecule has 64 heavy (non-hydrogen) atoms. The SMILES string of the molecule is Cc1sc(C2=CC[N-]C=C2)cc1C1=C(c2cc(C3CC[N-]CC3)sc2C)C(F)(F)C(F)(F)C1(F)F.OC(CC(O)C(F)(F)F)C(F)(F)F.OC(CC(O)C(F)(F)F)C(F)(F)F.[Mn+2].[Mn].[NH2-]. The molecule has 2 radical (unpaired) electrons. The molecule has 1 saturated heterocycles. The Bertz CT molecular complexity index is 1830. The van der Waals surface area contributed by atoms with Gasteiger partial charge in [-0.3, -0.25) is 0 Å². The largest absolute Gasteiger partial charge is 2.00 e. The summed E-state index contributed by atoms with van der Waals surface area (Å²) in [5.74, 6) is -15.6. The molecule has 368 valence electrons. The Morgan fingerprint density at radius 1 is 0.656 bits per heavy atom. The van der Waals surface area contributed by atoms with E-state index in [0.717, 1.165) is 29.1 Å². The third kappa shape index (κ3) is 14.5. The summed E-state index contributed by atoms with van der Waals surface area (Å²) in [4.78, 5) is 1.89. The van der Waals surface area contributed by atoms with Gasteiger partial charge < -0.3 is 37.2 Å². The normalized spacial score (nSPS) is 20.3. The van der Waals surface area contributed by atoms with Crippen LogP contribution in [-0.4, -0.2) is 107 Å². The van der Waals surface area contributed by atoms with E-state index in [-0.39, 0.29) is 62.2 Å². The maximum atomic E-state index is 15.3. The van der Waals surface area contributed by atoms with E-state index in [1.54, 1.807) is 18.4 Å². The second-order valence-corrected chi connectivity index (χ2v) is 16.2. The number of alkyl halides is 18. The summed E-state index contributed by atoms with van der Waals surface area (Å²) in [6, 6.07) is 2.75. The summed E-state index contributed by atoms with van der Waals surface area (Å²) < 4.78 is 228. The minimum Gasteiger partial charge on any atom is -0.693 e. The summed E-state index contributed by atoms with van der Waals surface area (Å²) in [5.41, 5.74) is -2.32. The van der Waals surface area contributed by atoms with Crippen molar-refractivity contribution in [2.24, 2.45) is 0 Å². The molecule has 0 aromatic carbocycles. The Morgan fingerprint density at radius 3 is 1.39 bits per heavy atom. The van der Waals surface area contributed by atoms with Crippen LogP contribution in [0.3, 0.4) is 0 Å². The van der Waals surface area contributed by atoms with E-state index in [1.807, 2.05) is 0 Å². The molecule has 2 aliphatic heterocycles. The van der Waals surface area contributed by atoms with Gasteiger partial charge >= 0.3 is 59.5 Å². The molecule has 7 nitrogen and oxygen atoms in total. The van der Waals surface area contributed by atoms with E-state index in [4.69, 9.17) is 20.4 Å². The predicted molar refractivity (Wildman–Crippen MR) is 193 cm³/mol. The molecule has 2 aromatic rings. The molecular weight excluding hydrogens is 1040 g/mol. The topological polar surface area (TPSA) is 143 Å². The van der Waals surface area contributed by atoms with Crippen molar-refractivity contribution >= 4 is 39.4 Å². The Morgan fingerprint density at radius 2 is 1.03 bits per heavy atom. The Labute approximate surface area is 381 Å². The Balaban J connectivity index is 0.00000114. The van der Waals surface area contributed by atoms with Gasteiger partial charge in [0.05, 0.1) is 0 Å². The number of thiophene rings is 2. The third-order valence-corrected chi connectivity index (χ3v) is 11.5. The quantitative estimate of drug-likeness (QED) is 0.154. The smallest absolute Gasteiger partial charge is 0.693 e. The van der Waals surface area contributed by atoms with Crippen molar-refractivity contribution in [2.45, 2.75) is 112 Å². The van der Waals surface area contributed by atoms with E-state index in [9.17, 15) is 61.5 Å². The van der Waals surface area contributed by atoms with Crippen molar-refractivity contribution in [2.75, 3.05) is 19.6 Å². The molecular formula is C35H36F18Mn2N3O4S2-. The minimum absolute atomic E-state index is 0. The maximum Gasteiger partial charge on any atom is 2.00 e. The first-order chi connectivity index (χ1) is 27.6. The Hall–Kier alpha value is -2.04. The van der Waals surface area contributed by atoms with Crippen LogP contribution in [0.15, 0.2) is 30.5 Å². The van der Waals surface area contributed by atoms with Crippen molar-refractivity contribution < 1.29 is 134 Å². The van der Waals surface area contributed by atoms with Crippen LogP contribution in [0.4, 0.5) is 79.0 Å². The van der Waals surface area contributed by atoms with Gasteiger partial charge in [0.1, 0.15) is 0 Å². The average molecular weight is 1080 g/mol. The number of halogens is 18. The predicted octanol–water partition coefficient (Wildman–Crippen LogP) is 12.0.